The van der Waals surface area contributed by atoms with Crippen molar-refractivity contribution < 1.29 is 0 Å². The van der Waals surface area contributed by atoms with Crippen LogP contribution in [0.2, 0.25) is 5.15 Å². The molecule has 0 N–H and O–H groups in total. The third kappa shape index (κ3) is 2.73. The van der Waals surface area contributed by atoms with Crippen LogP contribution in [-0.4, -0.2) is 22.0 Å². The van der Waals surface area contributed by atoms with E-state index in [2.05, 4.69) is 15.0 Å². The predicted octanol–water partition coefficient (Wildman–Crippen LogP) is 2.84. The molecule has 0 radical (unpaired) electrons. The Bertz CT molecular complexity index is 512. The van der Waals surface area contributed by atoms with Gasteiger partial charge in [0, 0.05) is 12.4 Å². The highest BCUT2D eigenvalue weighted by molar-refractivity contribution is 7.07. The van der Waals surface area contributed by atoms with E-state index in [1.807, 2.05) is 36.7 Å². The molecule has 0 unspecified atom stereocenters. The zero-order valence-corrected chi connectivity index (χ0v) is 11.5. The van der Waals surface area contributed by atoms with E-state index >= 15 is 0 Å². The van der Waals surface area contributed by atoms with E-state index in [0.717, 1.165) is 17.1 Å². The van der Waals surface area contributed by atoms with Gasteiger partial charge in [-0.25, -0.2) is 15.0 Å². The molecule has 4 nitrogen and oxygen atoms in total. The monoisotopic (exact) mass is 268 g/mol. The summed E-state index contributed by atoms with van der Waals surface area (Å²) in [5.74, 6) is 0.697. The molecule has 0 amide bonds. The van der Waals surface area contributed by atoms with Crippen molar-refractivity contribution in [3.05, 3.63) is 33.1 Å². The average Bonchev–Trinajstić information content (AvgIpc) is 2.76. The largest absolute Gasteiger partial charge is 0.351 e. The van der Waals surface area contributed by atoms with Crippen LogP contribution in [0.5, 0.6) is 0 Å². The summed E-state index contributed by atoms with van der Waals surface area (Å²) in [6, 6.07) is 0. The molecule has 0 fully saturated rings. The smallest absolute Gasteiger partial charge is 0.171 e. The quantitative estimate of drug-likeness (QED) is 0.858. The minimum atomic E-state index is 0.436. The Morgan fingerprint density at radius 2 is 2.00 bits per heavy atom. The summed E-state index contributed by atoms with van der Waals surface area (Å²) in [7, 11) is 1.93. The van der Waals surface area contributed by atoms with Crippen LogP contribution in [0.4, 0.5) is 5.82 Å². The molecule has 0 aromatic carbocycles. The second-order valence-corrected chi connectivity index (χ2v) is 4.92. The molecule has 0 aliphatic carbocycles. The van der Waals surface area contributed by atoms with Crippen molar-refractivity contribution in [2.45, 2.75) is 20.4 Å². The standard InChI is InChI=1S/C11H13ClN4S/c1-7-8(2)15-11(10(12)14-7)16(3)4-9-5-17-6-13-9/h5-6H,4H2,1-3H3. The van der Waals surface area contributed by atoms with E-state index in [-0.39, 0.29) is 0 Å². The maximum atomic E-state index is 6.10. The molecule has 2 rings (SSSR count). The van der Waals surface area contributed by atoms with E-state index < -0.39 is 0 Å². The van der Waals surface area contributed by atoms with Crippen LogP contribution in [0.1, 0.15) is 17.1 Å². The molecule has 2 aromatic heterocycles. The molecule has 90 valence electrons. The van der Waals surface area contributed by atoms with E-state index in [9.17, 15) is 0 Å². The maximum Gasteiger partial charge on any atom is 0.171 e. The summed E-state index contributed by atoms with van der Waals surface area (Å²) in [6.07, 6.45) is 0. The Morgan fingerprint density at radius 1 is 1.29 bits per heavy atom. The van der Waals surface area contributed by atoms with Crippen molar-refractivity contribution in [3.63, 3.8) is 0 Å². The summed E-state index contributed by atoms with van der Waals surface area (Å²) in [5, 5.41) is 2.45. The molecule has 0 bridgehead atoms. The maximum absolute atomic E-state index is 6.10. The van der Waals surface area contributed by atoms with Gasteiger partial charge in [-0.3, -0.25) is 0 Å². The van der Waals surface area contributed by atoms with Crippen LogP contribution in [0, 0.1) is 13.8 Å². The van der Waals surface area contributed by atoms with Crippen molar-refractivity contribution >= 4 is 28.8 Å². The van der Waals surface area contributed by atoms with Gasteiger partial charge in [0.1, 0.15) is 0 Å². The normalized spacial score (nSPS) is 10.6. The number of nitrogens with zero attached hydrogens (tertiary/aromatic N) is 4. The molecule has 0 aliphatic heterocycles. The van der Waals surface area contributed by atoms with Gasteiger partial charge in [0.05, 0.1) is 29.1 Å². The molecular weight excluding hydrogens is 256 g/mol. The molecular formula is C11H13ClN4S. The number of hydrogen-bond donors (Lipinski definition) is 0. The van der Waals surface area contributed by atoms with E-state index in [1.54, 1.807) is 11.3 Å². The first-order valence-corrected chi connectivity index (χ1v) is 6.49. The van der Waals surface area contributed by atoms with Crippen LogP contribution in [0.15, 0.2) is 10.9 Å². The molecule has 0 aliphatic rings. The second kappa shape index (κ2) is 4.98. The molecule has 0 spiro atoms. The van der Waals surface area contributed by atoms with Crippen LogP contribution in [0.25, 0.3) is 0 Å². The number of anilines is 1. The zero-order valence-electron chi connectivity index (χ0n) is 9.94. The van der Waals surface area contributed by atoms with Crippen LogP contribution < -0.4 is 4.90 Å². The van der Waals surface area contributed by atoms with Crippen LogP contribution in [0.3, 0.4) is 0 Å². The fourth-order valence-corrected chi connectivity index (χ4v) is 2.30. The van der Waals surface area contributed by atoms with Gasteiger partial charge in [-0.1, -0.05) is 11.6 Å². The third-order valence-electron chi connectivity index (χ3n) is 2.49. The fraction of sp³-hybridized carbons (Fsp3) is 0.364. The van der Waals surface area contributed by atoms with Crippen molar-refractivity contribution in [1.29, 1.82) is 0 Å². The lowest BCUT2D eigenvalue weighted by Gasteiger charge is -2.18. The lowest BCUT2D eigenvalue weighted by atomic mass is 10.3. The zero-order chi connectivity index (χ0) is 12.4. The van der Waals surface area contributed by atoms with Crippen LogP contribution in [-0.2, 0) is 6.54 Å². The molecule has 0 saturated heterocycles. The lowest BCUT2D eigenvalue weighted by Crippen LogP contribution is -2.19. The molecule has 6 heteroatoms. The number of thiazole rings is 1. The van der Waals surface area contributed by atoms with Gasteiger partial charge < -0.3 is 4.90 Å². The summed E-state index contributed by atoms with van der Waals surface area (Å²) in [6.45, 7) is 4.51. The highest BCUT2D eigenvalue weighted by Gasteiger charge is 2.12. The highest BCUT2D eigenvalue weighted by atomic mass is 35.5. The van der Waals surface area contributed by atoms with E-state index in [0.29, 0.717) is 17.5 Å². The number of halogens is 1. The lowest BCUT2D eigenvalue weighted by molar-refractivity contribution is 0.857. The van der Waals surface area contributed by atoms with Gasteiger partial charge in [-0.05, 0) is 13.8 Å². The van der Waals surface area contributed by atoms with Crippen molar-refractivity contribution in [2.75, 3.05) is 11.9 Å². The Labute approximate surface area is 109 Å². The van der Waals surface area contributed by atoms with Crippen LogP contribution >= 0.6 is 22.9 Å². The summed E-state index contributed by atoms with van der Waals surface area (Å²) in [4.78, 5) is 14.9. The molecule has 0 atom stereocenters. The van der Waals surface area contributed by atoms with Gasteiger partial charge >= 0.3 is 0 Å². The Kier molecular flexibility index (Phi) is 3.59. The molecule has 2 aromatic rings. The van der Waals surface area contributed by atoms with Crippen molar-refractivity contribution in [2.24, 2.45) is 0 Å². The first-order valence-electron chi connectivity index (χ1n) is 5.17. The topological polar surface area (TPSA) is 41.9 Å². The van der Waals surface area contributed by atoms with E-state index in [1.165, 1.54) is 0 Å². The predicted molar refractivity (Wildman–Crippen MR) is 70.7 cm³/mol. The minimum absolute atomic E-state index is 0.436. The second-order valence-electron chi connectivity index (χ2n) is 3.84. The van der Waals surface area contributed by atoms with Crippen molar-refractivity contribution in [3.8, 4) is 0 Å². The Hall–Kier alpha value is -1.20. The van der Waals surface area contributed by atoms with Gasteiger partial charge in [-0.2, -0.15) is 0 Å². The van der Waals surface area contributed by atoms with Gasteiger partial charge in [0.25, 0.3) is 0 Å². The Balaban J connectivity index is 2.24. The van der Waals surface area contributed by atoms with Crippen molar-refractivity contribution in [1.82, 2.24) is 15.0 Å². The first-order chi connectivity index (χ1) is 8.08. The average molecular weight is 269 g/mol. The molecule has 2 heterocycles. The molecule has 17 heavy (non-hydrogen) atoms. The van der Waals surface area contributed by atoms with Gasteiger partial charge in [-0.15, -0.1) is 11.3 Å². The first kappa shape index (κ1) is 12.3. The Morgan fingerprint density at radius 3 is 2.65 bits per heavy atom. The van der Waals surface area contributed by atoms with Gasteiger partial charge in [0.15, 0.2) is 11.0 Å². The highest BCUT2D eigenvalue weighted by Crippen LogP contribution is 2.23. The third-order valence-corrected chi connectivity index (χ3v) is 3.38. The SMILES string of the molecule is Cc1nc(Cl)c(N(C)Cc2cscn2)nc1C. The number of aromatic nitrogens is 3. The summed E-state index contributed by atoms with van der Waals surface area (Å²) >= 11 is 7.68. The van der Waals surface area contributed by atoms with Gasteiger partial charge in [0.2, 0.25) is 0 Å². The fourth-order valence-electron chi connectivity index (χ4n) is 1.44. The number of rotatable bonds is 3. The minimum Gasteiger partial charge on any atom is -0.351 e. The summed E-state index contributed by atoms with van der Waals surface area (Å²) < 4.78 is 0. The molecule has 0 saturated carbocycles. The number of hydrogen-bond acceptors (Lipinski definition) is 5. The van der Waals surface area contributed by atoms with E-state index in [4.69, 9.17) is 11.6 Å². The summed E-state index contributed by atoms with van der Waals surface area (Å²) in [5.41, 5.74) is 4.58. The number of aryl methyl sites for hydroxylation is 2.